The van der Waals surface area contributed by atoms with Crippen molar-refractivity contribution >= 4 is 30.0 Å². The molecule has 0 bridgehead atoms. The summed E-state index contributed by atoms with van der Waals surface area (Å²) in [5.74, 6) is 1.08. The molecule has 2 aromatic rings. The molecule has 0 unspecified atom stereocenters. The fourth-order valence-electron chi connectivity index (χ4n) is 2.92. The lowest BCUT2D eigenvalue weighted by Crippen LogP contribution is -2.15. The Morgan fingerprint density at radius 1 is 1.03 bits per heavy atom. The second-order valence-electron chi connectivity index (χ2n) is 7.62. The van der Waals surface area contributed by atoms with Crippen LogP contribution >= 0.6 is 18.9 Å². The summed E-state index contributed by atoms with van der Waals surface area (Å²) in [6.07, 6.45) is 0.203. The molecule has 0 aliphatic heterocycles. The number of nitrogens with one attached hydrogen (secondary N) is 1. The summed E-state index contributed by atoms with van der Waals surface area (Å²) in [7, 11) is -3.25. The van der Waals surface area contributed by atoms with Crippen LogP contribution in [0.5, 0.6) is 11.5 Å². The van der Waals surface area contributed by atoms with Gasteiger partial charge in [0.15, 0.2) is 5.13 Å². The van der Waals surface area contributed by atoms with E-state index in [2.05, 4.69) is 10.3 Å². The summed E-state index contributed by atoms with van der Waals surface area (Å²) in [6.45, 7) is 11.9. The number of carbonyl (C=O) groups is 1. The molecule has 0 saturated heterocycles. The molecule has 10 heteroatoms. The van der Waals surface area contributed by atoms with E-state index < -0.39 is 7.60 Å². The van der Waals surface area contributed by atoms with E-state index in [0.29, 0.717) is 22.3 Å². The van der Waals surface area contributed by atoms with Crippen LogP contribution in [0, 0.1) is 0 Å². The largest absolute Gasteiger partial charge is 0.491 e. The van der Waals surface area contributed by atoms with E-state index in [-0.39, 0.29) is 43.9 Å². The maximum absolute atomic E-state index is 12.7. The molecule has 0 aliphatic rings. The van der Waals surface area contributed by atoms with Crippen molar-refractivity contribution < 1.29 is 27.9 Å². The molecule has 32 heavy (non-hydrogen) atoms. The molecule has 1 amide bonds. The highest BCUT2D eigenvalue weighted by molar-refractivity contribution is 7.53. The average Bonchev–Trinajstić information content (AvgIpc) is 3.06. The summed E-state index contributed by atoms with van der Waals surface area (Å²) in [5, 5.41) is 4.97. The number of thiazole rings is 1. The fraction of sp³-hybridized carbons (Fsp3) is 0.545. The van der Waals surface area contributed by atoms with Crippen LogP contribution in [0.25, 0.3) is 0 Å². The first-order chi connectivity index (χ1) is 15.1. The van der Waals surface area contributed by atoms with Gasteiger partial charge in [-0.1, -0.05) is 0 Å². The smallest absolute Gasteiger partial charge is 0.336 e. The molecule has 8 nitrogen and oxygen atoms in total. The van der Waals surface area contributed by atoms with Gasteiger partial charge < -0.3 is 23.8 Å². The first kappa shape index (κ1) is 26.3. The van der Waals surface area contributed by atoms with Gasteiger partial charge in [0.05, 0.1) is 43.7 Å². The van der Waals surface area contributed by atoms with Crippen molar-refractivity contribution in [1.82, 2.24) is 4.98 Å². The van der Waals surface area contributed by atoms with Crippen molar-refractivity contribution in [2.45, 2.75) is 66.3 Å². The second-order valence-corrected chi connectivity index (χ2v) is 10.5. The number of rotatable bonds is 13. The third-order valence-corrected chi connectivity index (χ3v) is 6.67. The minimum atomic E-state index is -3.25. The number of anilines is 1. The van der Waals surface area contributed by atoms with Crippen LogP contribution in [0.3, 0.4) is 0 Å². The number of ether oxygens (including phenoxy) is 2. The van der Waals surface area contributed by atoms with Gasteiger partial charge in [-0.3, -0.25) is 9.36 Å². The van der Waals surface area contributed by atoms with Crippen molar-refractivity contribution in [2.24, 2.45) is 0 Å². The number of carbonyl (C=O) groups excluding carboxylic acids is 1. The summed E-state index contributed by atoms with van der Waals surface area (Å²) in [5.41, 5.74) is 1.32. The first-order valence-electron chi connectivity index (χ1n) is 10.7. The standard InChI is InChI=1S/C22H33N2O6PS/c1-7-27-31(26,28-8-2)13-18-14-32-22(23-18)24-21(25)11-17-9-19(29-15(3)4)12-20(10-17)30-16(5)6/h9-10,12,14-16H,7-8,11,13H2,1-6H3,(H,23,24,25). The maximum atomic E-state index is 12.7. The van der Waals surface area contributed by atoms with Crippen molar-refractivity contribution in [1.29, 1.82) is 0 Å². The zero-order valence-electron chi connectivity index (χ0n) is 19.5. The minimum Gasteiger partial charge on any atom is -0.491 e. The van der Waals surface area contributed by atoms with E-state index in [1.165, 1.54) is 11.3 Å². The van der Waals surface area contributed by atoms with Crippen LogP contribution in [-0.2, 0) is 31.0 Å². The SMILES string of the molecule is CCOP(=O)(Cc1csc(NC(=O)Cc2cc(OC(C)C)cc(OC(C)C)c2)n1)OCC. The van der Waals surface area contributed by atoms with E-state index in [0.717, 1.165) is 5.56 Å². The molecule has 178 valence electrons. The highest BCUT2D eigenvalue weighted by Gasteiger charge is 2.25. The Labute approximate surface area is 194 Å². The Morgan fingerprint density at radius 2 is 1.59 bits per heavy atom. The van der Waals surface area contributed by atoms with E-state index in [4.69, 9.17) is 18.5 Å². The average molecular weight is 485 g/mol. The number of hydrogen-bond acceptors (Lipinski definition) is 8. The Morgan fingerprint density at radius 3 is 2.09 bits per heavy atom. The van der Waals surface area contributed by atoms with Crippen LogP contribution in [-0.4, -0.2) is 36.3 Å². The number of aromatic nitrogens is 1. The van der Waals surface area contributed by atoms with Gasteiger partial charge in [-0.05, 0) is 59.2 Å². The van der Waals surface area contributed by atoms with Gasteiger partial charge >= 0.3 is 7.60 Å². The summed E-state index contributed by atoms with van der Waals surface area (Å²) >= 11 is 1.26. The molecule has 0 aliphatic carbocycles. The molecule has 0 radical (unpaired) electrons. The molecule has 0 spiro atoms. The number of benzene rings is 1. The summed E-state index contributed by atoms with van der Waals surface area (Å²) in [4.78, 5) is 17.0. The predicted molar refractivity (Wildman–Crippen MR) is 127 cm³/mol. The summed E-state index contributed by atoms with van der Waals surface area (Å²) in [6, 6.07) is 5.49. The second kappa shape index (κ2) is 12.3. The normalized spacial score (nSPS) is 11.8. The predicted octanol–water partition coefficient (Wildman–Crippen LogP) is 5.66. The zero-order valence-corrected chi connectivity index (χ0v) is 21.3. The van der Waals surface area contributed by atoms with Crippen molar-refractivity contribution in [3.05, 3.63) is 34.8 Å². The monoisotopic (exact) mass is 484 g/mol. The fourth-order valence-corrected chi connectivity index (χ4v) is 5.37. The topological polar surface area (TPSA) is 96.0 Å². The Bertz CT molecular complexity index is 893. The quantitative estimate of drug-likeness (QED) is 0.366. The van der Waals surface area contributed by atoms with Gasteiger partial charge in [0.25, 0.3) is 0 Å². The van der Waals surface area contributed by atoms with E-state index in [1.807, 2.05) is 45.9 Å². The van der Waals surface area contributed by atoms with Gasteiger partial charge in [-0.15, -0.1) is 11.3 Å². The lowest BCUT2D eigenvalue weighted by Gasteiger charge is -2.15. The Hall–Kier alpha value is -1.93. The lowest BCUT2D eigenvalue weighted by atomic mass is 10.1. The van der Waals surface area contributed by atoms with Crippen LogP contribution in [0.4, 0.5) is 5.13 Å². The van der Waals surface area contributed by atoms with E-state index in [9.17, 15) is 9.36 Å². The van der Waals surface area contributed by atoms with Gasteiger partial charge in [0.1, 0.15) is 11.5 Å². The maximum Gasteiger partial charge on any atom is 0.336 e. The number of hydrogen-bond donors (Lipinski definition) is 1. The molecular weight excluding hydrogens is 451 g/mol. The number of nitrogens with zero attached hydrogens (tertiary/aromatic N) is 1. The van der Waals surface area contributed by atoms with E-state index >= 15 is 0 Å². The Kier molecular flexibility index (Phi) is 10.2. The zero-order chi connectivity index (χ0) is 23.7. The van der Waals surface area contributed by atoms with Crippen molar-refractivity contribution in [3.63, 3.8) is 0 Å². The number of amides is 1. The minimum absolute atomic E-state index is 0.00377. The van der Waals surface area contributed by atoms with Crippen LogP contribution in [0.1, 0.15) is 52.8 Å². The van der Waals surface area contributed by atoms with Gasteiger partial charge in [0.2, 0.25) is 5.91 Å². The van der Waals surface area contributed by atoms with Gasteiger partial charge in [0, 0.05) is 11.4 Å². The molecule has 2 rings (SSSR count). The third kappa shape index (κ3) is 8.90. The molecule has 1 heterocycles. The van der Waals surface area contributed by atoms with Crippen LogP contribution in [0.2, 0.25) is 0 Å². The third-order valence-electron chi connectivity index (χ3n) is 3.85. The van der Waals surface area contributed by atoms with Crippen molar-refractivity contribution in [2.75, 3.05) is 18.5 Å². The van der Waals surface area contributed by atoms with Gasteiger partial charge in [-0.25, -0.2) is 4.98 Å². The van der Waals surface area contributed by atoms with Crippen molar-refractivity contribution in [3.8, 4) is 11.5 Å². The highest BCUT2D eigenvalue weighted by atomic mass is 32.1. The molecular formula is C22H33N2O6PS. The van der Waals surface area contributed by atoms with Crippen LogP contribution < -0.4 is 14.8 Å². The summed E-state index contributed by atoms with van der Waals surface area (Å²) < 4.78 is 34.9. The molecule has 1 aromatic heterocycles. The van der Waals surface area contributed by atoms with Crippen LogP contribution in [0.15, 0.2) is 23.6 Å². The molecule has 1 N–H and O–H groups in total. The molecule has 0 fully saturated rings. The molecule has 0 atom stereocenters. The highest BCUT2D eigenvalue weighted by Crippen LogP contribution is 2.51. The lowest BCUT2D eigenvalue weighted by molar-refractivity contribution is -0.115. The molecule has 1 aromatic carbocycles. The van der Waals surface area contributed by atoms with Gasteiger partial charge in [-0.2, -0.15) is 0 Å². The first-order valence-corrected chi connectivity index (χ1v) is 13.3. The van der Waals surface area contributed by atoms with E-state index in [1.54, 1.807) is 19.2 Å². The molecule has 0 saturated carbocycles. The Balaban J connectivity index is 2.07.